The Morgan fingerprint density at radius 2 is 2.29 bits per heavy atom. The van der Waals surface area contributed by atoms with Gasteiger partial charge in [-0.15, -0.1) is 11.3 Å². The highest BCUT2D eigenvalue weighted by atomic mass is 32.1. The first-order valence-corrected chi connectivity index (χ1v) is 7.69. The van der Waals surface area contributed by atoms with E-state index in [9.17, 15) is 14.7 Å². The van der Waals surface area contributed by atoms with Crippen LogP contribution in [0.2, 0.25) is 0 Å². The van der Waals surface area contributed by atoms with Crippen molar-refractivity contribution in [3.63, 3.8) is 0 Å². The lowest BCUT2D eigenvalue weighted by Crippen LogP contribution is -2.42. The van der Waals surface area contributed by atoms with Crippen molar-refractivity contribution in [3.8, 4) is 0 Å². The van der Waals surface area contributed by atoms with Gasteiger partial charge in [0.1, 0.15) is 12.1 Å². The minimum Gasteiger partial charge on any atom is -0.386 e. The number of thiophene rings is 1. The lowest BCUT2D eigenvalue weighted by molar-refractivity contribution is -0.126. The highest BCUT2D eigenvalue weighted by Crippen LogP contribution is 2.29. The number of fused-ring (bicyclic) bond motifs is 1. The van der Waals surface area contributed by atoms with Crippen molar-refractivity contribution in [3.05, 3.63) is 35.2 Å². The van der Waals surface area contributed by atoms with E-state index in [2.05, 4.69) is 10.6 Å². The molecule has 1 fully saturated rings. The van der Waals surface area contributed by atoms with Crippen LogP contribution in [0, 0.1) is 0 Å². The fourth-order valence-corrected chi connectivity index (χ4v) is 3.45. The minimum absolute atomic E-state index is 0.0970. The van der Waals surface area contributed by atoms with Gasteiger partial charge in [-0.3, -0.25) is 9.59 Å². The summed E-state index contributed by atoms with van der Waals surface area (Å²) in [7, 11) is 0. The Bertz CT molecular complexity index is 649. The van der Waals surface area contributed by atoms with Crippen molar-refractivity contribution in [2.45, 2.75) is 25.0 Å². The van der Waals surface area contributed by atoms with Gasteiger partial charge in [-0.1, -0.05) is 18.2 Å². The number of carbonyl (C=O) groups is 2. The number of hydrogen-bond acceptors (Lipinski definition) is 4. The van der Waals surface area contributed by atoms with Crippen molar-refractivity contribution >= 4 is 33.2 Å². The molecule has 0 bridgehead atoms. The lowest BCUT2D eigenvalue weighted by atomic mass is 10.2. The molecule has 2 aromatic rings. The molecular formula is C15H16N2O3S. The first-order chi connectivity index (χ1) is 10.1. The summed E-state index contributed by atoms with van der Waals surface area (Å²) in [6.45, 7) is 0.151. The van der Waals surface area contributed by atoms with Gasteiger partial charge in [-0.05, 0) is 23.9 Å². The highest BCUT2D eigenvalue weighted by molar-refractivity contribution is 7.19. The van der Waals surface area contributed by atoms with Crippen LogP contribution in [0.4, 0.5) is 0 Å². The summed E-state index contributed by atoms with van der Waals surface area (Å²) in [5.41, 5.74) is 0. The van der Waals surface area contributed by atoms with Gasteiger partial charge in [-0.2, -0.15) is 0 Å². The second kappa shape index (κ2) is 5.83. The van der Waals surface area contributed by atoms with Crippen molar-refractivity contribution in [1.82, 2.24) is 10.6 Å². The molecule has 3 N–H and O–H groups in total. The zero-order chi connectivity index (χ0) is 14.8. The lowest BCUT2D eigenvalue weighted by Gasteiger charge is -2.13. The molecule has 5 nitrogen and oxygen atoms in total. The Kier molecular flexibility index (Phi) is 3.90. The van der Waals surface area contributed by atoms with E-state index in [4.69, 9.17) is 0 Å². The standard InChI is InChI=1S/C15H16N2O3S/c18-11(8-16-15(20)10-5-6-14(19)17-10)13-7-9-3-1-2-4-12(9)21-13/h1-4,7,10-11,18H,5-6,8H2,(H,16,20)(H,17,19). The fourth-order valence-electron chi connectivity index (χ4n) is 2.40. The number of carbonyl (C=O) groups excluding carboxylic acids is 2. The summed E-state index contributed by atoms with van der Waals surface area (Å²) in [6, 6.07) is 9.38. The maximum Gasteiger partial charge on any atom is 0.242 e. The van der Waals surface area contributed by atoms with Gasteiger partial charge in [0.2, 0.25) is 11.8 Å². The Balaban J connectivity index is 1.59. The maximum absolute atomic E-state index is 11.9. The molecule has 2 unspecified atom stereocenters. The zero-order valence-electron chi connectivity index (χ0n) is 11.3. The van der Waals surface area contributed by atoms with E-state index < -0.39 is 12.1 Å². The van der Waals surface area contributed by atoms with Crippen molar-refractivity contribution in [2.75, 3.05) is 6.54 Å². The molecule has 3 rings (SSSR count). The third kappa shape index (κ3) is 3.06. The second-order valence-corrected chi connectivity index (χ2v) is 6.22. The third-order valence-corrected chi connectivity index (χ3v) is 4.77. The van der Waals surface area contributed by atoms with Gasteiger partial charge < -0.3 is 15.7 Å². The second-order valence-electron chi connectivity index (χ2n) is 5.11. The number of aliphatic hydroxyl groups is 1. The third-order valence-electron chi connectivity index (χ3n) is 3.55. The summed E-state index contributed by atoms with van der Waals surface area (Å²) in [5.74, 6) is -0.332. The molecule has 2 heterocycles. The molecule has 2 amide bonds. The van der Waals surface area contributed by atoms with E-state index in [-0.39, 0.29) is 18.4 Å². The van der Waals surface area contributed by atoms with Crippen LogP contribution >= 0.6 is 11.3 Å². The van der Waals surface area contributed by atoms with Gasteiger partial charge >= 0.3 is 0 Å². The molecule has 6 heteroatoms. The summed E-state index contributed by atoms with van der Waals surface area (Å²) >= 11 is 1.52. The number of hydrogen-bond donors (Lipinski definition) is 3. The predicted octanol–water partition coefficient (Wildman–Crippen LogP) is 1.33. The summed E-state index contributed by atoms with van der Waals surface area (Å²) < 4.78 is 1.11. The monoisotopic (exact) mass is 304 g/mol. The quantitative estimate of drug-likeness (QED) is 0.797. The Hall–Kier alpha value is -1.92. The molecule has 1 aromatic carbocycles. The van der Waals surface area contributed by atoms with Crippen LogP contribution < -0.4 is 10.6 Å². The van der Waals surface area contributed by atoms with Gasteiger partial charge in [0, 0.05) is 22.5 Å². The van der Waals surface area contributed by atoms with Gasteiger partial charge in [-0.25, -0.2) is 0 Å². The molecule has 1 aliphatic heterocycles. The summed E-state index contributed by atoms with van der Waals surface area (Å²) in [5, 5.41) is 16.6. The van der Waals surface area contributed by atoms with Gasteiger partial charge in [0.05, 0.1) is 0 Å². The Labute approximate surface area is 126 Å². The van der Waals surface area contributed by atoms with Crippen LogP contribution in [-0.4, -0.2) is 29.5 Å². The number of aliphatic hydroxyl groups excluding tert-OH is 1. The Morgan fingerprint density at radius 3 is 3.00 bits per heavy atom. The zero-order valence-corrected chi connectivity index (χ0v) is 12.2. The molecule has 2 atom stereocenters. The molecule has 0 saturated carbocycles. The molecule has 21 heavy (non-hydrogen) atoms. The summed E-state index contributed by atoms with van der Waals surface area (Å²) in [4.78, 5) is 23.8. The van der Waals surface area contributed by atoms with E-state index in [1.54, 1.807) is 0 Å². The van der Waals surface area contributed by atoms with Gasteiger partial charge in [0.15, 0.2) is 0 Å². The van der Waals surface area contributed by atoms with Crippen LogP contribution in [0.1, 0.15) is 23.8 Å². The average Bonchev–Trinajstić information content (AvgIpc) is 3.10. The van der Waals surface area contributed by atoms with Crippen molar-refractivity contribution in [2.24, 2.45) is 0 Å². The van der Waals surface area contributed by atoms with E-state index in [0.29, 0.717) is 12.8 Å². The smallest absolute Gasteiger partial charge is 0.242 e. The Morgan fingerprint density at radius 1 is 1.48 bits per heavy atom. The minimum atomic E-state index is -0.733. The molecular weight excluding hydrogens is 288 g/mol. The number of amides is 2. The topological polar surface area (TPSA) is 78.4 Å². The largest absolute Gasteiger partial charge is 0.386 e. The molecule has 0 aliphatic carbocycles. The van der Waals surface area contributed by atoms with E-state index in [1.807, 2.05) is 30.3 Å². The molecule has 110 valence electrons. The van der Waals surface area contributed by atoms with E-state index in [0.717, 1.165) is 15.0 Å². The molecule has 1 aliphatic rings. The van der Waals surface area contributed by atoms with Crippen LogP contribution in [-0.2, 0) is 9.59 Å². The average molecular weight is 304 g/mol. The van der Waals surface area contributed by atoms with Crippen LogP contribution in [0.15, 0.2) is 30.3 Å². The SMILES string of the molecule is O=C1CCC(C(=O)NCC(O)c2cc3ccccc3s2)N1. The highest BCUT2D eigenvalue weighted by Gasteiger charge is 2.27. The van der Waals surface area contributed by atoms with Crippen molar-refractivity contribution < 1.29 is 14.7 Å². The number of rotatable bonds is 4. The normalized spacial score (nSPS) is 19.5. The van der Waals surface area contributed by atoms with Crippen LogP contribution in [0.3, 0.4) is 0 Å². The van der Waals surface area contributed by atoms with Crippen LogP contribution in [0.25, 0.3) is 10.1 Å². The fraction of sp³-hybridized carbons (Fsp3) is 0.333. The van der Waals surface area contributed by atoms with Gasteiger partial charge in [0.25, 0.3) is 0 Å². The first kappa shape index (κ1) is 14.0. The summed E-state index contributed by atoms with van der Waals surface area (Å²) in [6.07, 6.45) is 0.170. The van der Waals surface area contributed by atoms with E-state index in [1.165, 1.54) is 11.3 Å². The molecule has 0 radical (unpaired) electrons. The predicted molar refractivity (Wildman–Crippen MR) is 81.0 cm³/mol. The first-order valence-electron chi connectivity index (χ1n) is 6.87. The maximum atomic E-state index is 11.9. The van der Waals surface area contributed by atoms with E-state index >= 15 is 0 Å². The van der Waals surface area contributed by atoms with Crippen molar-refractivity contribution in [1.29, 1.82) is 0 Å². The molecule has 1 aromatic heterocycles. The molecule has 1 saturated heterocycles. The number of nitrogens with one attached hydrogen (secondary N) is 2. The van der Waals surface area contributed by atoms with Crippen LogP contribution in [0.5, 0.6) is 0 Å². The molecule has 0 spiro atoms. The number of benzene rings is 1.